The Morgan fingerprint density at radius 3 is 2.91 bits per heavy atom. The molecule has 2 nitrogen and oxygen atoms in total. The van der Waals surface area contributed by atoms with Crippen LogP contribution in [0.3, 0.4) is 0 Å². The topological polar surface area (TPSA) is 37.3 Å². The fourth-order valence-electron chi connectivity index (χ4n) is 2.72. The molecular formula is C20H30O2. The quantitative estimate of drug-likeness (QED) is 0.303. The van der Waals surface area contributed by atoms with Crippen molar-refractivity contribution in [1.29, 1.82) is 0 Å². The number of hydrogen-bond donors (Lipinski definition) is 1. The van der Waals surface area contributed by atoms with Crippen molar-refractivity contribution in [3.8, 4) is 0 Å². The van der Waals surface area contributed by atoms with Crippen LogP contribution < -0.4 is 0 Å². The Hall–Kier alpha value is -1.53. The molecule has 0 saturated heterocycles. The Morgan fingerprint density at radius 1 is 1.27 bits per heavy atom. The number of unbranched alkanes of at least 4 members (excludes halogenated alkanes) is 4. The van der Waals surface area contributed by atoms with Gasteiger partial charge in [-0.1, -0.05) is 50.5 Å². The van der Waals surface area contributed by atoms with E-state index in [1.54, 1.807) is 0 Å². The van der Waals surface area contributed by atoms with E-state index in [1.165, 1.54) is 32.1 Å². The van der Waals surface area contributed by atoms with E-state index in [9.17, 15) is 4.79 Å². The summed E-state index contributed by atoms with van der Waals surface area (Å²) in [6.07, 6.45) is 22.6. The van der Waals surface area contributed by atoms with E-state index < -0.39 is 5.97 Å². The Labute approximate surface area is 135 Å². The first-order valence-corrected chi connectivity index (χ1v) is 8.68. The van der Waals surface area contributed by atoms with Gasteiger partial charge in [0.05, 0.1) is 0 Å². The number of allylic oxidation sites excluding steroid dienone is 5. The van der Waals surface area contributed by atoms with Crippen molar-refractivity contribution >= 4 is 5.97 Å². The minimum Gasteiger partial charge on any atom is -0.481 e. The fraction of sp³-hybridized carbons (Fsp3) is 0.600. The summed E-state index contributed by atoms with van der Waals surface area (Å²) in [6.45, 7) is 2.24. The van der Waals surface area contributed by atoms with Crippen LogP contribution in [0.5, 0.6) is 0 Å². The second-order valence-electron chi connectivity index (χ2n) is 6.02. The fourth-order valence-corrected chi connectivity index (χ4v) is 2.72. The SMILES string of the molecule is CCCCCCC=C[C@H]1C=CC[C@@H]1CC=C=CCCC(=O)O. The standard InChI is InChI=1S/C20H30O2/c1-2-3-4-5-6-9-13-18-15-12-16-19(18)14-10-7-8-11-17-20(21)22/h8-10,12-13,15,18-19H,2-6,11,14,16-17H2,1H3,(H,21,22)/t7?,18-,19-/m0/s1. The molecule has 22 heavy (non-hydrogen) atoms. The smallest absolute Gasteiger partial charge is 0.303 e. The maximum absolute atomic E-state index is 10.4. The number of rotatable bonds is 11. The van der Waals surface area contributed by atoms with Crippen molar-refractivity contribution in [3.05, 3.63) is 42.2 Å². The summed E-state index contributed by atoms with van der Waals surface area (Å²) in [5.74, 6) is 0.456. The van der Waals surface area contributed by atoms with Gasteiger partial charge in [0.25, 0.3) is 0 Å². The highest BCUT2D eigenvalue weighted by molar-refractivity contribution is 5.66. The van der Waals surface area contributed by atoms with Crippen molar-refractivity contribution < 1.29 is 9.90 Å². The zero-order valence-electron chi connectivity index (χ0n) is 13.8. The number of carboxylic acid groups (broad SMARTS) is 1. The highest BCUT2D eigenvalue weighted by Crippen LogP contribution is 2.29. The number of hydrogen-bond acceptors (Lipinski definition) is 1. The average molecular weight is 302 g/mol. The first-order chi connectivity index (χ1) is 10.7. The lowest BCUT2D eigenvalue weighted by Crippen LogP contribution is -2.03. The third kappa shape index (κ3) is 8.69. The van der Waals surface area contributed by atoms with Crippen molar-refractivity contribution in [1.82, 2.24) is 0 Å². The van der Waals surface area contributed by atoms with Crippen molar-refractivity contribution in [2.45, 2.75) is 64.7 Å². The molecule has 1 aliphatic rings. The Morgan fingerprint density at radius 2 is 2.14 bits per heavy atom. The molecule has 0 bridgehead atoms. The molecule has 0 aromatic carbocycles. The molecule has 1 N–H and O–H groups in total. The molecule has 0 saturated carbocycles. The van der Waals surface area contributed by atoms with E-state index in [-0.39, 0.29) is 6.42 Å². The van der Waals surface area contributed by atoms with Crippen LogP contribution >= 0.6 is 0 Å². The van der Waals surface area contributed by atoms with Crippen LogP contribution in [-0.4, -0.2) is 11.1 Å². The molecule has 2 heteroatoms. The minimum atomic E-state index is -0.748. The molecule has 0 amide bonds. The summed E-state index contributed by atoms with van der Waals surface area (Å²) in [6, 6.07) is 0. The average Bonchev–Trinajstić information content (AvgIpc) is 2.93. The van der Waals surface area contributed by atoms with E-state index in [2.05, 4.69) is 43.0 Å². The predicted octanol–water partition coefficient (Wildman–Crippen LogP) is 5.67. The van der Waals surface area contributed by atoms with Gasteiger partial charge in [-0.3, -0.25) is 4.79 Å². The van der Waals surface area contributed by atoms with Gasteiger partial charge in [-0.15, -0.1) is 5.73 Å². The third-order valence-corrected chi connectivity index (χ3v) is 4.08. The van der Waals surface area contributed by atoms with Crippen LogP contribution in [0.1, 0.15) is 64.7 Å². The van der Waals surface area contributed by atoms with Crippen LogP contribution in [0.2, 0.25) is 0 Å². The molecule has 0 unspecified atom stereocenters. The van der Waals surface area contributed by atoms with E-state index in [0.29, 0.717) is 18.3 Å². The molecule has 0 radical (unpaired) electrons. The maximum atomic E-state index is 10.4. The summed E-state index contributed by atoms with van der Waals surface area (Å²) < 4.78 is 0. The summed E-state index contributed by atoms with van der Waals surface area (Å²) in [5, 5.41) is 8.55. The Kier molecular flexibility index (Phi) is 10.1. The van der Waals surface area contributed by atoms with E-state index in [4.69, 9.17) is 5.11 Å². The zero-order valence-corrected chi connectivity index (χ0v) is 13.8. The lowest BCUT2D eigenvalue weighted by atomic mass is 9.91. The second-order valence-corrected chi connectivity index (χ2v) is 6.02. The van der Waals surface area contributed by atoms with Gasteiger partial charge in [-0.2, -0.15) is 0 Å². The third-order valence-electron chi connectivity index (χ3n) is 4.08. The monoisotopic (exact) mass is 302 g/mol. The first-order valence-electron chi connectivity index (χ1n) is 8.68. The molecule has 0 fully saturated rings. The Bertz CT molecular complexity index is 425. The van der Waals surface area contributed by atoms with Crippen LogP contribution in [-0.2, 0) is 4.79 Å². The van der Waals surface area contributed by atoms with Crippen molar-refractivity contribution in [2.24, 2.45) is 11.8 Å². The molecule has 0 spiro atoms. The highest BCUT2D eigenvalue weighted by atomic mass is 16.4. The maximum Gasteiger partial charge on any atom is 0.303 e. The lowest BCUT2D eigenvalue weighted by molar-refractivity contribution is -0.136. The van der Waals surface area contributed by atoms with Gasteiger partial charge in [-0.05, 0) is 56.1 Å². The van der Waals surface area contributed by atoms with Crippen LogP contribution in [0, 0.1) is 11.8 Å². The number of aliphatic carboxylic acids is 1. The molecule has 2 atom stereocenters. The molecule has 0 aromatic heterocycles. The summed E-state index contributed by atoms with van der Waals surface area (Å²) in [5.41, 5.74) is 3.11. The van der Waals surface area contributed by atoms with Crippen LogP contribution in [0.4, 0.5) is 0 Å². The van der Waals surface area contributed by atoms with Gasteiger partial charge < -0.3 is 5.11 Å². The Balaban J connectivity index is 2.24. The summed E-state index contributed by atoms with van der Waals surface area (Å²) in [4.78, 5) is 10.4. The van der Waals surface area contributed by atoms with Crippen molar-refractivity contribution in [2.75, 3.05) is 0 Å². The largest absolute Gasteiger partial charge is 0.481 e. The highest BCUT2D eigenvalue weighted by Gasteiger charge is 2.18. The van der Waals surface area contributed by atoms with E-state index in [1.807, 2.05) is 6.08 Å². The van der Waals surface area contributed by atoms with Gasteiger partial charge >= 0.3 is 5.97 Å². The summed E-state index contributed by atoms with van der Waals surface area (Å²) in [7, 11) is 0. The molecule has 0 aliphatic heterocycles. The lowest BCUT2D eigenvalue weighted by Gasteiger charge is -2.13. The molecule has 122 valence electrons. The summed E-state index contributed by atoms with van der Waals surface area (Å²) >= 11 is 0. The van der Waals surface area contributed by atoms with Gasteiger partial charge in [0.2, 0.25) is 0 Å². The van der Waals surface area contributed by atoms with E-state index in [0.717, 1.165) is 12.8 Å². The van der Waals surface area contributed by atoms with Gasteiger partial charge in [0.1, 0.15) is 0 Å². The molecule has 1 rings (SSSR count). The van der Waals surface area contributed by atoms with E-state index >= 15 is 0 Å². The van der Waals surface area contributed by atoms with Gasteiger partial charge in [0.15, 0.2) is 0 Å². The van der Waals surface area contributed by atoms with Crippen LogP contribution in [0.25, 0.3) is 0 Å². The molecular weight excluding hydrogens is 272 g/mol. The predicted molar refractivity (Wildman–Crippen MR) is 92.8 cm³/mol. The molecule has 0 heterocycles. The van der Waals surface area contributed by atoms with Crippen molar-refractivity contribution in [3.63, 3.8) is 0 Å². The first kappa shape index (κ1) is 18.5. The zero-order chi connectivity index (χ0) is 16.0. The second kappa shape index (κ2) is 12.1. The molecule has 1 aliphatic carbocycles. The molecule has 0 aromatic rings. The van der Waals surface area contributed by atoms with Gasteiger partial charge in [-0.25, -0.2) is 0 Å². The van der Waals surface area contributed by atoms with Gasteiger partial charge in [0, 0.05) is 6.42 Å². The minimum absolute atomic E-state index is 0.190. The van der Waals surface area contributed by atoms with Crippen LogP contribution in [0.15, 0.2) is 42.2 Å². The number of carbonyl (C=O) groups is 1. The normalized spacial score (nSPS) is 20.2. The number of carboxylic acids is 1.